The van der Waals surface area contributed by atoms with Crippen molar-refractivity contribution < 1.29 is 32.5 Å². The van der Waals surface area contributed by atoms with Gasteiger partial charge in [-0.05, 0) is 0 Å². The number of hydrogen-bond acceptors (Lipinski definition) is 6. The number of aromatic nitrogens is 4. The SMILES string of the molecule is O=C(O)c1cn2cc(Oc3ncc(Cl)cc3OCC(F)(F)F)ncc2n1. The van der Waals surface area contributed by atoms with Gasteiger partial charge in [-0.15, -0.1) is 0 Å². The Morgan fingerprint density at radius 1 is 1.27 bits per heavy atom. The highest BCUT2D eigenvalue weighted by molar-refractivity contribution is 6.30. The van der Waals surface area contributed by atoms with Gasteiger partial charge in [-0.25, -0.2) is 19.7 Å². The van der Waals surface area contributed by atoms with Crippen molar-refractivity contribution in [1.82, 2.24) is 19.4 Å². The molecule has 3 heterocycles. The largest absolute Gasteiger partial charge is 0.478 e. The summed E-state index contributed by atoms with van der Waals surface area (Å²) in [6.07, 6.45) is 0.353. The second kappa shape index (κ2) is 6.67. The van der Waals surface area contributed by atoms with E-state index in [4.69, 9.17) is 21.4 Å². The highest BCUT2D eigenvalue weighted by atomic mass is 35.5. The highest BCUT2D eigenvalue weighted by Gasteiger charge is 2.29. The first-order valence-corrected chi connectivity index (χ1v) is 7.20. The molecule has 3 aromatic rings. The smallest absolute Gasteiger partial charge is 0.422 e. The maximum Gasteiger partial charge on any atom is 0.422 e. The molecule has 0 saturated carbocycles. The highest BCUT2D eigenvalue weighted by Crippen LogP contribution is 2.32. The Hall–Kier alpha value is -3.08. The van der Waals surface area contributed by atoms with Gasteiger partial charge in [0.05, 0.1) is 17.4 Å². The molecule has 0 spiro atoms. The molecule has 3 rings (SSSR count). The lowest BCUT2D eigenvalue weighted by Crippen LogP contribution is -2.19. The Bertz CT molecular complexity index is 976. The lowest BCUT2D eigenvalue weighted by Gasteiger charge is -2.12. The Balaban J connectivity index is 1.88. The predicted octanol–water partition coefficient (Wildman–Crippen LogP) is 3.21. The number of carboxylic acids is 1. The Kier molecular flexibility index (Phi) is 4.55. The van der Waals surface area contributed by atoms with Crippen LogP contribution in [-0.2, 0) is 0 Å². The third-order valence-electron chi connectivity index (χ3n) is 2.91. The molecule has 0 aliphatic carbocycles. The summed E-state index contributed by atoms with van der Waals surface area (Å²) in [7, 11) is 0. The van der Waals surface area contributed by atoms with E-state index in [1.807, 2.05) is 0 Å². The van der Waals surface area contributed by atoms with Crippen LogP contribution in [0.15, 0.2) is 30.9 Å². The van der Waals surface area contributed by atoms with Crippen LogP contribution in [0.3, 0.4) is 0 Å². The van der Waals surface area contributed by atoms with Crippen LogP contribution in [0.4, 0.5) is 13.2 Å². The average Bonchev–Trinajstić information content (AvgIpc) is 2.98. The molecule has 0 fully saturated rings. The molecule has 136 valence electrons. The van der Waals surface area contributed by atoms with Crippen LogP contribution in [0, 0.1) is 0 Å². The van der Waals surface area contributed by atoms with E-state index in [1.54, 1.807) is 0 Å². The van der Waals surface area contributed by atoms with Gasteiger partial charge in [-0.1, -0.05) is 11.6 Å². The fraction of sp³-hybridized carbons (Fsp3) is 0.143. The van der Waals surface area contributed by atoms with E-state index in [2.05, 4.69) is 19.7 Å². The van der Waals surface area contributed by atoms with Crippen molar-refractivity contribution in [2.24, 2.45) is 0 Å². The van der Waals surface area contributed by atoms with Crippen molar-refractivity contribution in [3.8, 4) is 17.5 Å². The van der Waals surface area contributed by atoms with Gasteiger partial charge < -0.3 is 14.6 Å². The van der Waals surface area contributed by atoms with E-state index < -0.39 is 18.8 Å². The van der Waals surface area contributed by atoms with Crippen LogP contribution in [0.5, 0.6) is 17.5 Å². The zero-order chi connectivity index (χ0) is 18.9. The van der Waals surface area contributed by atoms with Gasteiger partial charge in [0.25, 0.3) is 5.88 Å². The van der Waals surface area contributed by atoms with Gasteiger partial charge in [0.1, 0.15) is 0 Å². The number of carbonyl (C=O) groups is 1. The molecule has 3 aromatic heterocycles. The van der Waals surface area contributed by atoms with E-state index in [-0.39, 0.29) is 33.9 Å². The van der Waals surface area contributed by atoms with E-state index in [9.17, 15) is 18.0 Å². The fourth-order valence-electron chi connectivity index (χ4n) is 1.88. The molecule has 0 saturated heterocycles. The summed E-state index contributed by atoms with van der Waals surface area (Å²) in [5, 5.41) is 8.97. The number of nitrogens with zero attached hydrogens (tertiary/aromatic N) is 4. The number of hydrogen-bond donors (Lipinski definition) is 1. The second-order valence-electron chi connectivity index (χ2n) is 4.89. The first kappa shape index (κ1) is 17.7. The van der Waals surface area contributed by atoms with Gasteiger partial charge in [-0.3, -0.25) is 4.40 Å². The minimum absolute atomic E-state index is 0.0543. The van der Waals surface area contributed by atoms with Crippen LogP contribution in [0.1, 0.15) is 10.5 Å². The van der Waals surface area contributed by atoms with Gasteiger partial charge in [0.2, 0.25) is 5.88 Å². The minimum Gasteiger partial charge on any atom is -0.478 e. The number of imidazole rings is 1. The number of fused-ring (bicyclic) bond motifs is 1. The van der Waals surface area contributed by atoms with Crippen molar-refractivity contribution >= 4 is 23.2 Å². The summed E-state index contributed by atoms with van der Waals surface area (Å²) in [6, 6.07) is 1.12. The summed E-state index contributed by atoms with van der Waals surface area (Å²) < 4.78 is 48.4. The van der Waals surface area contributed by atoms with E-state index in [0.29, 0.717) is 0 Å². The zero-order valence-corrected chi connectivity index (χ0v) is 13.3. The van der Waals surface area contributed by atoms with Gasteiger partial charge >= 0.3 is 12.1 Å². The van der Waals surface area contributed by atoms with Crippen molar-refractivity contribution in [1.29, 1.82) is 0 Å². The maximum absolute atomic E-state index is 12.4. The molecule has 0 aliphatic heterocycles. The molecule has 0 aliphatic rings. The number of ether oxygens (including phenoxy) is 2. The summed E-state index contributed by atoms with van der Waals surface area (Å²) in [4.78, 5) is 22.4. The third kappa shape index (κ3) is 4.11. The molecule has 0 amide bonds. The second-order valence-corrected chi connectivity index (χ2v) is 5.32. The first-order valence-electron chi connectivity index (χ1n) is 6.82. The maximum atomic E-state index is 12.4. The van der Waals surface area contributed by atoms with Crippen LogP contribution in [0.25, 0.3) is 5.65 Å². The number of rotatable bonds is 5. The van der Waals surface area contributed by atoms with Crippen molar-refractivity contribution in [2.75, 3.05) is 6.61 Å². The molecule has 0 aromatic carbocycles. The summed E-state index contributed by atoms with van der Waals surface area (Å²) >= 11 is 5.72. The number of aromatic carboxylic acids is 1. The van der Waals surface area contributed by atoms with E-state index in [1.165, 1.54) is 23.0 Å². The molecule has 0 unspecified atom stereocenters. The molecule has 0 bridgehead atoms. The predicted molar refractivity (Wildman–Crippen MR) is 80.8 cm³/mol. The summed E-state index contributed by atoms with van der Waals surface area (Å²) in [5.74, 6) is -1.91. The standard InChI is InChI=1S/C14H8ClF3N4O4/c15-7-1-9(25-6-14(16,17)18)12(20-2-7)26-11-5-22-4-8(13(23)24)21-10(22)3-19-11/h1-5H,6H2,(H,23,24). The third-order valence-corrected chi connectivity index (χ3v) is 3.12. The Morgan fingerprint density at radius 2 is 2.04 bits per heavy atom. The first-order chi connectivity index (χ1) is 12.2. The fourth-order valence-corrected chi connectivity index (χ4v) is 2.03. The van der Waals surface area contributed by atoms with Gasteiger partial charge in [-0.2, -0.15) is 13.2 Å². The quantitative estimate of drug-likeness (QED) is 0.716. The molecule has 0 radical (unpaired) electrons. The molecule has 8 nitrogen and oxygen atoms in total. The van der Waals surface area contributed by atoms with Crippen LogP contribution in [0.2, 0.25) is 5.02 Å². The average molecular weight is 389 g/mol. The van der Waals surface area contributed by atoms with Crippen molar-refractivity contribution in [2.45, 2.75) is 6.18 Å². The van der Waals surface area contributed by atoms with E-state index >= 15 is 0 Å². The van der Waals surface area contributed by atoms with Crippen LogP contribution >= 0.6 is 11.6 Å². The zero-order valence-electron chi connectivity index (χ0n) is 12.6. The number of carboxylic acid groups (broad SMARTS) is 1. The molecule has 26 heavy (non-hydrogen) atoms. The molecular weight excluding hydrogens is 381 g/mol. The van der Waals surface area contributed by atoms with Crippen molar-refractivity contribution in [3.63, 3.8) is 0 Å². The monoisotopic (exact) mass is 388 g/mol. The van der Waals surface area contributed by atoms with E-state index in [0.717, 1.165) is 12.3 Å². The topological polar surface area (TPSA) is 98.8 Å². The number of alkyl halides is 3. The van der Waals surface area contributed by atoms with Crippen LogP contribution < -0.4 is 9.47 Å². The minimum atomic E-state index is -4.55. The Morgan fingerprint density at radius 3 is 2.73 bits per heavy atom. The number of pyridine rings is 1. The Labute approximate surface area is 147 Å². The molecule has 1 N–H and O–H groups in total. The molecular formula is C14H8ClF3N4O4. The van der Waals surface area contributed by atoms with Crippen LogP contribution in [-0.4, -0.2) is 43.2 Å². The van der Waals surface area contributed by atoms with Gasteiger partial charge in [0, 0.05) is 18.5 Å². The summed E-state index contributed by atoms with van der Waals surface area (Å²) in [6.45, 7) is -1.55. The lowest BCUT2D eigenvalue weighted by molar-refractivity contribution is -0.153. The normalized spacial score (nSPS) is 11.5. The number of halogens is 4. The van der Waals surface area contributed by atoms with Crippen molar-refractivity contribution in [3.05, 3.63) is 41.6 Å². The van der Waals surface area contributed by atoms with Gasteiger partial charge in [0.15, 0.2) is 23.7 Å². The molecule has 0 atom stereocenters. The summed E-state index contributed by atoms with van der Waals surface area (Å²) in [5.41, 5.74) is 0.0372. The molecule has 12 heteroatoms. The lowest BCUT2D eigenvalue weighted by atomic mass is 10.4.